The maximum atomic E-state index is 13.0. The van der Waals surface area contributed by atoms with Crippen LogP contribution in [0.2, 0.25) is 0 Å². The Morgan fingerprint density at radius 1 is 0.963 bits per heavy atom. The average molecular weight is 385 g/mol. The molecule has 0 saturated carbocycles. The number of nitrogens with one attached hydrogen (secondary N) is 1. The number of fused-ring (bicyclic) bond motifs is 2. The highest BCUT2D eigenvalue weighted by atomic mass is 32.2. The van der Waals surface area contributed by atoms with E-state index in [1.807, 2.05) is 42.2 Å². The number of anilines is 1. The normalized spacial score (nSPS) is 24.6. The molecule has 2 amide bonds. The van der Waals surface area contributed by atoms with Gasteiger partial charge in [0.2, 0.25) is 0 Å². The molecule has 6 heteroatoms. The van der Waals surface area contributed by atoms with Crippen molar-refractivity contribution in [3.8, 4) is 0 Å². The van der Waals surface area contributed by atoms with Crippen LogP contribution in [0.1, 0.15) is 31.2 Å². The molecule has 0 aromatic heterocycles. The van der Waals surface area contributed by atoms with Gasteiger partial charge in [-0.3, -0.25) is 0 Å². The Kier molecular flexibility index (Phi) is 4.68. The molecule has 1 N–H and O–H groups in total. The first-order valence-corrected chi connectivity index (χ1v) is 10.9. The second-order valence-corrected chi connectivity index (χ2v) is 9.77. The van der Waals surface area contributed by atoms with E-state index in [9.17, 15) is 13.2 Å². The molecular weight excluding hydrogens is 360 g/mol. The fourth-order valence-electron chi connectivity index (χ4n) is 4.34. The molecule has 2 aliphatic heterocycles. The predicted molar refractivity (Wildman–Crippen MR) is 105 cm³/mol. The Hall–Kier alpha value is -2.34. The van der Waals surface area contributed by atoms with E-state index in [4.69, 9.17) is 0 Å². The number of amides is 2. The average Bonchev–Trinajstić information content (AvgIpc) is 2.94. The predicted octanol–water partition coefficient (Wildman–Crippen LogP) is 4.00. The van der Waals surface area contributed by atoms with Crippen LogP contribution in [0.15, 0.2) is 59.5 Å². The van der Waals surface area contributed by atoms with Crippen molar-refractivity contribution in [1.82, 2.24) is 4.90 Å². The fraction of sp³-hybridized carbons (Fsp3) is 0.381. The van der Waals surface area contributed by atoms with Crippen molar-refractivity contribution in [2.45, 2.75) is 54.8 Å². The number of rotatable bonds is 3. The van der Waals surface area contributed by atoms with Gasteiger partial charge in [-0.2, -0.15) is 0 Å². The monoisotopic (exact) mass is 384 g/mol. The topological polar surface area (TPSA) is 66.5 Å². The Morgan fingerprint density at radius 2 is 1.56 bits per heavy atom. The largest absolute Gasteiger partial charge is 0.322 e. The van der Waals surface area contributed by atoms with Crippen LogP contribution in [0.4, 0.5) is 10.5 Å². The number of carbonyl (C=O) groups excluding carboxylic acids is 1. The number of benzene rings is 2. The third kappa shape index (κ3) is 3.46. The molecule has 0 spiro atoms. The van der Waals surface area contributed by atoms with Crippen molar-refractivity contribution in [1.29, 1.82) is 0 Å². The Labute approximate surface area is 160 Å². The molecule has 27 heavy (non-hydrogen) atoms. The summed E-state index contributed by atoms with van der Waals surface area (Å²) in [5, 5.41) is 2.55. The lowest BCUT2D eigenvalue weighted by molar-refractivity contribution is 0.160. The second kappa shape index (κ2) is 7.00. The van der Waals surface area contributed by atoms with Gasteiger partial charge < -0.3 is 10.2 Å². The molecule has 2 aromatic rings. The molecule has 2 fully saturated rings. The lowest BCUT2D eigenvalue weighted by atomic mass is 10.0. The van der Waals surface area contributed by atoms with Crippen LogP contribution in [0.3, 0.4) is 0 Å². The zero-order chi connectivity index (χ0) is 19.0. The van der Waals surface area contributed by atoms with E-state index in [0.29, 0.717) is 17.7 Å². The molecule has 2 saturated heterocycles. The first-order chi connectivity index (χ1) is 12.9. The second-order valence-electron chi connectivity index (χ2n) is 7.54. The van der Waals surface area contributed by atoms with E-state index in [2.05, 4.69) is 5.32 Å². The van der Waals surface area contributed by atoms with Crippen molar-refractivity contribution in [2.24, 2.45) is 0 Å². The number of nitrogens with zero attached hydrogens (tertiary/aromatic N) is 1. The van der Waals surface area contributed by atoms with Crippen LogP contribution < -0.4 is 5.32 Å². The maximum Gasteiger partial charge on any atom is 0.322 e. The lowest BCUT2D eigenvalue weighted by Gasteiger charge is -2.38. The maximum absolute atomic E-state index is 13.0. The third-order valence-electron chi connectivity index (χ3n) is 5.74. The summed E-state index contributed by atoms with van der Waals surface area (Å²) < 4.78 is 26.0. The standard InChI is InChI=1S/C21H24N2O3S/c1-15-7-9-16(10-8-15)22-21(24)23-17-11-12-18(23)14-20(13-17)27(25,26)19-5-3-2-4-6-19/h2-10,17-18,20H,11-14H2,1H3,(H,22,24)/t17-,18-/m1/s1. The molecule has 2 heterocycles. The number of hydrogen-bond acceptors (Lipinski definition) is 3. The van der Waals surface area contributed by atoms with Crippen LogP contribution in [0.25, 0.3) is 0 Å². The van der Waals surface area contributed by atoms with Gasteiger partial charge in [-0.05, 0) is 56.9 Å². The fourth-order valence-corrected chi connectivity index (χ4v) is 6.21. The summed E-state index contributed by atoms with van der Waals surface area (Å²) >= 11 is 0. The summed E-state index contributed by atoms with van der Waals surface area (Å²) in [5.41, 5.74) is 1.91. The minimum Gasteiger partial charge on any atom is -0.318 e. The van der Waals surface area contributed by atoms with Gasteiger partial charge in [-0.15, -0.1) is 0 Å². The SMILES string of the molecule is Cc1ccc(NC(=O)N2[C@@H]3CC[C@@H]2CC(S(=O)(=O)c2ccccc2)C3)cc1. The summed E-state index contributed by atoms with van der Waals surface area (Å²) in [6, 6.07) is 16.2. The molecule has 5 nitrogen and oxygen atoms in total. The molecular formula is C21H24N2O3S. The van der Waals surface area contributed by atoms with Gasteiger partial charge in [-0.25, -0.2) is 13.2 Å². The highest BCUT2D eigenvalue weighted by Gasteiger charge is 2.47. The minimum atomic E-state index is -3.36. The van der Waals surface area contributed by atoms with Crippen LogP contribution in [-0.4, -0.2) is 36.7 Å². The molecule has 0 aliphatic carbocycles. The number of carbonyl (C=O) groups is 1. The van der Waals surface area contributed by atoms with Gasteiger partial charge in [0.15, 0.2) is 9.84 Å². The molecule has 2 aliphatic rings. The van der Waals surface area contributed by atoms with Crippen LogP contribution in [0.5, 0.6) is 0 Å². The molecule has 2 aromatic carbocycles. The molecule has 142 valence electrons. The molecule has 2 atom stereocenters. The molecule has 4 rings (SSSR count). The van der Waals surface area contributed by atoms with E-state index < -0.39 is 15.1 Å². The van der Waals surface area contributed by atoms with Gasteiger partial charge in [0.25, 0.3) is 0 Å². The number of aryl methyl sites for hydroxylation is 1. The third-order valence-corrected chi connectivity index (χ3v) is 7.93. The number of sulfone groups is 1. The van der Waals surface area contributed by atoms with E-state index in [1.54, 1.807) is 24.3 Å². The number of hydrogen-bond donors (Lipinski definition) is 1. The van der Waals surface area contributed by atoms with Crippen LogP contribution in [0, 0.1) is 6.92 Å². The lowest BCUT2D eigenvalue weighted by Crippen LogP contribution is -2.51. The summed E-state index contributed by atoms with van der Waals surface area (Å²) in [6.45, 7) is 2.00. The van der Waals surface area contributed by atoms with E-state index in [-0.39, 0.29) is 18.1 Å². The first kappa shape index (κ1) is 18.0. The van der Waals surface area contributed by atoms with Gasteiger partial charge in [0, 0.05) is 17.8 Å². The van der Waals surface area contributed by atoms with Crippen LogP contribution in [-0.2, 0) is 9.84 Å². The van der Waals surface area contributed by atoms with Crippen LogP contribution >= 0.6 is 0 Å². The molecule has 0 unspecified atom stereocenters. The highest BCUT2D eigenvalue weighted by molar-refractivity contribution is 7.92. The summed E-state index contributed by atoms with van der Waals surface area (Å²) in [4.78, 5) is 15.1. The van der Waals surface area contributed by atoms with E-state index >= 15 is 0 Å². The zero-order valence-corrected chi connectivity index (χ0v) is 16.2. The summed E-state index contributed by atoms with van der Waals surface area (Å²) in [6.07, 6.45) is 2.75. The molecule has 0 radical (unpaired) electrons. The number of urea groups is 1. The summed E-state index contributed by atoms with van der Waals surface area (Å²) in [7, 11) is -3.36. The Morgan fingerprint density at radius 3 is 2.15 bits per heavy atom. The molecule has 2 bridgehead atoms. The minimum absolute atomic E-state index is 0.0160. The van der Waals surface area contributed by atoms with Crippen molar-refractivity contribution < 1.29 is 13.2 Å². The number of piperidine rings is 1. The van der Waals surface area contributed by atoms with Crippen molar-refractivity contribution in [3.63, 3.8) is 0 Å². The highest BCUT2D eigenvalue weighted by Crippen LogP contribution is 2.40. The first-order valence-electron chi connectivity index (χ1n) is 9.40. The van der Waals surface area contributed by atoms with E-state index in [0.717, 1.165) is 24.1 Å². The van der Waals surface area contributed by atoms with Gasteiger partial charge in [0.1, 0.15) is 0 Å². The smallest absolute Gasteiger partial charge is 0.318 e. The van der Waals surface area contributed by atoms with Crippen molar-refractivity contribution >= 4 is 21.6 Å². The van der Waals surface area contributed by atoms with Crippen molar-refractivity contribution in [2.75, 3.05) is 5.32 Å². The zero-order valence-electron chi connectivity index (χ0n) is 15.3. The quantitative estimate of drug-likeness (QED) is 0.870. The summed E-state index contributed by atoms with van der Waals surface area (Å²) in [5.74, 6) is 0. The van der Waals surface area contributed by atoms with Gasteiger partial charge >= 0.3 is 6.03 Å². The Balaban J connectivity index is 1.49. The van der Waals surface area contributed by atoms with Gasteiger partial charge in [-0.1, -0.05) is 35.9 Å². The van der Waals surface area contributed by atoms with Gasteiger partial charge in [0.05, 0.1) is 10.1 Å². The van der Waals surface area contributed by atoms with Crippen molar-refractivity contribution in [3.05, 3.63) is 60.2 Å². The van der Waals surface area contributed by atoms with E-state index in [1.165, 1.54) is 0 Å². The Bertz CT molecular complexity index is 912.